The van der Waals surface area contributed by atoms with Gasteiger partial charge in [-0.25, -0.2) is 4.99 Å². The molecule has 27 heavy (non-hydrogen) atoms. The number of phenols is 1. The smallest absolute Gasteiger partial charge is 0.264 e. The molecule has 2 N–H and O–H groups in total. The highest BCUT2D eigenvalue weighted by molar-refractivity contribution is 14.1. The average Bonchev–Trinajstić information content (AvgIpc) is 2.94. The number of carbonyl (C=O) groups excluding carboxylic acids is 1. The van der Waals surface area contributed by atoms with Crippen LogP contribution in [0.3, 0.4) is 0 Å². The van der Waals surface area contributed by atoms with Crippen molar-refractivity contribution >= 4 is 73.1 Å². The Balaban J connectivity index is 1.90. The molecule has 1 aliphatic heterocycles. The Morgan fingerprint density at radius 3 is 2.56 bits per heavy atom. The fraction of sp³-hybridized carbons (Fsp3) is 0.158. The van der Waals surface area contributed by atoms with Gasteiger partial charge in [0, 0.05) is 4.47 Å². The molecule has 2 aromatic carbocycles. The summed E-state index contributed by atoms with van der Waals surface area (Å²) in [4.78, 5) is 17.4. The number of rotatable bonds is 3. The second-order valence-corrected chi connectivity index (χ2v) is 8.91. The fourth-order valence-electron chi connectivity index (χ4n) is 2.57. The third-order valence-corrected chi connectivity index (χ3v) is 6.85. The van der Waals surface area contributed by atoms with Crippen LogP contribution in [0.4, 0.5) is 5.69 Å². The maximum absolute atomic E-state index is 12.3. The van der Waals surface area contributed by atoms with Crippen molar-refractivity contribution in [3.8, 4) is 11.5 Å². The SMILES string of the molecule is COc1cc(/C=C2\SC(=Nc3cc(C)c(Br)c(C)c3)NC2=O)cc(I)c1O. The van der Waals surface area contributed by atoms with Crippen molar-refractivity contribution < 1.29 is 14.6 Å². The molecule has 1 saturated heterocycles. The van der Waals surface area contributed by atoms with Crippen LogP contribution in [0, 0.1) is 17.4 Å². The number of thioether (sulfide) groups is 1. The zero-order chi connectivity index (χ0) is 19.7. The number of amides is 1. The molecule has 0 aliphatic carbocycles. The molecule has 0 bridgehead atoms. The van der Waals surface area contributed by atoms with Gasteiger partial charge in [0.2, 0.25) is 0 Å². The average molecular weight is 559 g/mol. The lowest BCUT2D eigenvalue weighted by atomic mass is 10.1. The van der Waals surface area contributed by atoms with Crippen LogP contribution in [0.15, 0.2) is 38.6 Å². The van der Waals surface area contributed by atoms with E-state index in [4.69, 9.17) is 4.74 Å². The zero-order valence-corrected chi connectivity index (χ0v) is 19.3. The number of hydrogen-bond donors (Lipinski definition) is 2. The van der Waals surface area contributed by atoms with Gasteiger partial charge in [-0.3, -0.25) is 4.79 Å². The van der Waals surface area contributed by atoms with Gasteiger partial charge in [-0.2, -0.15) is 0 Å². The summed E-state index contributed by atoms with van der Waals surface area (Å²) in [5, 5.41) is 13.3. The number of benzene rings is 2. The van der Waals surface area contributed by atoms with Gasteiger partial charge in [-0.1, -0.05) is 15.9 Å². The van der Waals surface area contributed by atoms with Crippen LogP contribution in [0.5, 0.6) is 11.5 Å². The fourth-order valence-corrected chi connectivity index (χ4v) is 4.27. The van der Waals surface area contributed by atoms with Gasteiger partial charge >= 0.3 is 0 Å². The number of carbonyl (C=O) groups is 1. The van der Waals surface area contributed by atoms with Crippen molar-refractivity contribution in [1.29, 1.82) is 0 Å². The molecule has 5 nitrogen and oxygen atoms in total. The van der Waals surface area contributed by atoms with Gasteiger partial charge in [0.05, 0.1) is 21.3 Å². The summed E-state index contributed by atoms with van der Waals surface area (Å²) in [7, 11) is 1.49. The van der Waals surface area contributed by atoms with E-state index < -0.39 is 0 Å². The molecule has 1 amide bonds. The molecular formula is C19H16BrIN2O3S. The lowest BCUT2D eigenvalue weighted by Crippen LogP contribution is -2.19. The molecule has 0 radical (unpaired) electrons. The highest BCUT2D eigenvalue weighted by atomic mass is 127. The summed E-state index contributed by atoms with van der Waals surface area (Å²) in [5.41, 5.74) is 3.73. The number of phenolic OH excluding ortho intramolecular Hbond substituents is 1. The first-order chi connectivity index (χ1) is 12.8. The van der Waals surface area contributed by atoms with Crippen molar-refractivity contribution in [2.45, 2.75) is 13.8 Å². The molecular weight excluding hydrogens is 543 g/mol. The van der Waals surface area contributed by atoms with Gasteiger partial charge in [0.25, 0.3) is 5.91 Å². The van der Waals surface area contributed by atoms with Crippen LogP contribution in [0.1, 0.15) is 16.7 Å². The molecule has 0 unspecified atom stereocenters. The summed E-state index contributed by atoms with van der Waals surface area (Å²) < 4.78 is 6.88. The first kappa shape index (κ1) is 20.2. The topological polar surface area (TPSA) is 70.9 Å². The van der Waals surface area contributed by atoms with Gasteiger partial charge in [-0.15, -0.1) is 0 Å². The number of amidine groups is 1. The summed E-state index contributed by atoms with van der Waals surface area (Å²) in [6, 6.07) is 7.40. The normalized spacial score (nSPS) is 16.9. The molecule has 8 heteroatoms. The number of aliphatic imine (C=N–C) groups is 1. The first-order valence-electron chi connectivity index (χ1n) is 7.91. The lowest BCUT2D eigenvalue weighted by Gasteiger charge is -2.06. The number of methoxy groups -OCH3 is 1. The minimum atomic E-state index is -0.202. The lowest BCUT2D eigenvalue weighted by molar-refractivity contribution is -0.115. The van der Waals surface area contributed by atoms with E-state index in [2.05, 4.69) is 26.2 Å². The van der Waals surface area contributed by atoms with Gasteiger partial charge < -0.3 is 15.2 Å². The van der Waals surface area contributed by atoms with E-state index in [1.165, 1.54) is 18.9 Å². The minimum Gasteiger partial charge on any atom is -0.504 e. The molecule has 1 fully saturated rings. The van der Waals surface area contributed by atoms with Crippen LogP contribution < -0.4 is 10.1 Å². The molecule has 0 saturated carbocycles. The quantitative estimate of drug-likeness (QED) is 0.397. The Labute approximate surface area is 183 Å². The Morgan fingerprint density at radius 1 is 1.26 bits per heavy atom. The molecule has 0 atom stereocenters. The Kier molecular flexibility index (Phi) is 6.17. The van der Waals surface area contributed by atoms with Gasteiger partial charge in [-0.05, 0) is 95.2 Å². The summed E-state index contributed by atoms with van der Waals surface area (Å²) in [5.74, 6) is 0.255. The molecule has 0 aromatic heterocycles. The van der Waals surface area contributed by atoms with Gasteiger partial charge in [0.15, 0.2) is 16.7 Å². The van der Waals surface area contributed by atoms with Crippen molar-refractivity contribution in [1.82, 2.24) is 5.32 Å². The monoisotopic (exact) mass is 558 g/mol. The van der Waals surface area contributed by atoms with Crippen LogP contribution in [-0.2, 0) is 4.79 Å². The molecule has 3 rings (SSSR count). The second kappa shape index (κ2) is 8.24. The number of aromatic hydroxyl groups is 1. The van der Waals surface area contributed by atoms with E-state index >= 15 is 0 Å². The van der Waals surface area contributed by atoms with Crippen molar-refractivity contribution in [2.75, 3.05) is 7.11 Å². The van der Waals surface area contributed by atoms with E-state index in [9.17, 15) is 9.90 Å². The molecule has 140 valence electrons. The number of hydrogen-bond acceptors (Lipinski definition) is 5. The first-order valence-corrected chi connectivity index (χ1v) is 10.6. The number of aryl methyl sites for hydroxylation is 2. The predicted molar refractivity (Wildman–Crippen MR) is 122 cm³/mol. The maximum Gasteiger partial charge on any atom is 0.264 e. The highest BCUT2D eigenvalue weighted by Crippen LogP contribution is 2.35. The largest absolute Gasteiger partial charge is 0.504 e. The van der Waals surface area contributed by atoms with Crippen LogP contribution >= 0.6 is 50.3 Å². The van der Waals surface area contributed by atoms with E-state index in [1.54, 1.807) is 18.2 Å². The Morgan fingerprint density at radius 2 is 1.93 bits per heavy atom. The molecule has 1 aliphatic rings. The van der Waals surface area contributed by atoms with Crippen molar-refractivity contribution in [2.24, 2.45) is 4.99 Å². The van der Waals surface area contributed by atoms with E-state index in [0.29, 0.717) is 19.4 Å². The number of ether oxygens (including phenoxy) is 1. The minimum absolute atomic E-state index is 0.0898. The Hall–Kier alpha value is -1.52. The maximum atomic E-state index is 12.3. The van der Waals surface area contributed by atoms with E-state index in [0.717, 1.165) is 26.9 Å². The van der Waals surface area contributed by atoms with Crippen molar-refractivity contribution in [3.05, 3.63) is 53.9 Å². The summed E-state index contributed by atoms with van der Waals surface area (Å²) in [6.45, 7) is 4.01. The second-order valence-electron chi connectivity index (χ2n) is 5.93. The van der Waals surface area contributed by atoms with E-state index in [1.807, 2.05) is 48.6 Å². The summed E-state index contributed by atoms with van der Waals surface area (Å²) in [6.07, 6.45) is 1.75. The zero-order valence-electron chi connectivity index (χ0n) is 14.8. The number of nitrogens with one attached hydrogen (secondary N) is 1. The Bertz CT molecular complexity index is 982. The third-order valence-electron chi connectivity index (χ3n) is 3.87. The summed E-state index contributed by atoms with van der Waals surface area (Å²) >= 11 is 6.85. The van der Waals surface area contributed by atoms with Crippen LogP contribution in [-0.4, -0.2) is 23.3 Å². The van der Waals surface area contributed by atoms with Crippen LogP contribution in [0.25, 0.3) is 6.08 Å². The highest BCUT2D eigenvalue weighted by Gasteiger charge is 2.24. The standard InChI is InChI=1S/C19H16BrIN2O3S/c1-9-4-12(5-10(2)16(9)20)22-19-23-18(25)15(27-19)8-11-6-13(21)17(24)14(7-11)26-3/h4-8,24H,1-3H3,(H,22,23,25)/b15-8-. The molecule has 0 spiro atoms. The third kappa shape index (κ3) is 4.49. The number of nitrogens with zero attached hydrogens (tertiary/aromatic N) is 1. The number of halogens is 2. The van der Waals surface area contributed by atoms with E-state index in [-0.39, 0.29) is 11.7 Å². The van der Waals surface area contributed by atoms with Crippen molar-refractivity contribution in [3.63, 3.8) is 0 Å². The van der Waals surface area contributed by atoms with Crippen LogP contribution in [0.2, 0.25) is 0 Å². The molecule has 1 heterocycles. The molecule has 2 aromatic rings. The predicted octanol–water partition coefficient (Wildman–Crippen LogP) is 5.28. The van der Waals surface area contributed by atoms with Gasteiger partial charge in [0.1, 0.15) is 0 Å².